The molecule has 0 unspecified atom stereocenters. The first-order valence-corrected chi connectivity index (χ1v) is 2.65. The third-order valence-corrected chi connectivity index (χ3v) is 1.52. The van der Waals surface area contributed by atoms with Crippen LogP contribution in [0.15, 0.2) is 11.5 Å². The fourth-order valence-corrected chi connectivity index (χ4v) is 0.870. The number of aliphatic hydroxyl groups is 2. The average molecular weight is 114 g/mol. The van der Waals surface area contributed by atoms with Crippen LogP contribution >= 0.6 is 0 Å². The van der Waals surface area contributed by atoms with Crippen molar-refractivity contribution in [2.45, 2.75) is 20.3 Å². The van der Waals surface area contributed by atoms with Gasteiger partial charge in [0.1, 0.15) is 11.5 Å². The second kappa shape index (κ2) is 1.19. The van der Waals surface area contributed by atoms with Crippen LogP contribution in [0.1, 0.15) is 20.3 Å². The molecule has 0 bridgehead atoms. The lowest BCUT2D eigenvalue weighted by Crippen LogP contribution is -2.26. The monoisotopic (exact) mass is 114 g/mol. The Balaban J connectivity index is 2.80. The molecule has 0 heterocycles. The number of hydrogen-bond donors (Lipinski definition) is 2. The zero-order chi connectivity index (χ0) is 6.36. The first kappa shape index (κ1) is 5.48. The topological polar surface area (TPSA) is 40.5 Å². The van der Waals surface area contributed by atoms with Crippen molar-refractivity contribution < 1.29 is 10.2 Å². The van der Waals surface area contributed by atoms with Gasteiger partial charge in [-0.15, -0.1) is 0 Å². The molecular formula is C6H10O2. The van der Waals surface area contributed by atoms with Crippen LogP contribution in [0.25, 0.3) is 0 Å². The van der Waals surface area contributed by atoms with Crippen LogP contribution in [0.5, 0.6) is 0 Å². The smallest absolute Gasteiger partial charge is 0.136 e. The molecule has 0 fully saturated rings. The predicted molar refractivity (Wildman–Crippen MR) is 30.7 cm³/mol. The minimum atomic E-state index is -0.163. The van der Waals surface area contributed by atoms with E-state index in [0.717, 1.165) is 0 Å². The highest BCUT2D eigenvalue weighted by Crippen LogP contribution is 2.42. The van der Waals surface area contributed by atoms with Crippen LogP contribution in [0.4, 0.5) is 0 Å². The minimum Gasteiger partial charge on any atom is -0.509 e. The lowest BCUT2D eigenvalue weighted by molar-refractivity contribution is 0.138. The van der Waals surface area contributed by atoms with Crippen molar-refractivity contribution >= 4 is 0 Å². The van der Waals surface area contributed by atoms with Crippen molar-refractivity contribution in [3.05, 3.63) is 11.5 Å². The molecule has 2 heteroatoms. The maximum atomic E-state index is 8.87. The van der Waals surface area contributed by atoms with E-state index in [1.807, 2.05) is 13.8 Å². The summed E-state index contributed by atoms with van der Waals surface area (Å²) in [6, 6.07) is 0. The van der Waals surface area contributed by atoms with E-state index in [0.29, 0.717) is 6.42 Å². The van der Waals surface area contributed by atoms with E-state index in [1.54, 1.807) is 0 Å². The molecule has 0 aromatic carbocycles. The van der Waals surface area contributed by atoms with Crippen LogP contribution in [0, 0.1) is 5.41 Å². The van der Waals surface area contributed by atoms with Gasteiger partial charge in [-0.25, -0.2) is 0 Å². The molecule has 0 aromatic rings. The van der Waals surface area contributed by atoms with Crippen LogP contribution < -0.4 is 0 Å². The molecule has 46 valence electrons. The molecule has 0 atom stereocenters. The van der Waals surface area contributed by atoms with Crippen LogP contribution in [-0.2, 0) is 0 Å². The molecule has 0 amide bonds. The summed E-state index contributed by atoms with van der Waals surface area (Å²) in [5, 5.41) is 17.6. The highest BCUT2D eigenvalue weighted by atomic mass is 16.3. The van der Waals surface area contributed by atoms with E-state index in [9.17, 15) is 0 Å². The number of aliphatic hydroxyl groups excluding tert-OH is 2. The van der Waals surface area contributed by atoms with E-state index in [-0.39, 0.29) is 16.9 Å². The van der Waals surface area contributed by atoms with E-state index in [4.69, 9.17) is 10.2 Å². The molecule has 0 saturated heterocycles. The number of allylic oxidation sites excluding steroid dienone is 2. The summed E-state index contributed by atoms with van der Waals surface area (Å²) in [6.45, 7) is 3.78. The SMILES string of the molecule is CC1(C)CC(O)=C1O. The Hall–Kier alpha value is -0.660. The van der Waals surface area contributed by atoms with Crippen LogP contribution in [0.2, 0.25) is 0 Å². The average Bonchev–Trinajstić information content (AvgIpc) is 1.65. The van der Waals surface area contributed by atoms with Crippen molar-refractivity contribution in [1.29, 1.82) is 0 Å². The third kappa shape index (κ3) is 0.489. The maximum absolute atomic E-state index is 8.87. The minimum absolute atomic E-state index is 0.148. The summed E-state index contributed by atoms with van der Waals surface area (Å²) in [5.41, 5.74) is -0.163. The van der Waals surface area contributed by atoms with Gasteiger partial charge in [-0.3, -0.25) is 0 Å². The largest absolute Gasteiger partial charge is 0.509 e. The summed E-state index contributed by atoms with van der Waals surface area (Å²) >= 11 is 0. The van der Waals surface area contributed by atoms with Gasteiger partial charge in [0.25, 0.3) is 0 Å². The number of rotatable bonds is 0. The van der Waals surface area contributed by atoms with Gasteiger partial charge in [0.2, 0.25) is 0 Å². The Kier molecular flexibility index (Phi) is 0.813. The standard InChI is InChI=1S/C6H10O2/c1-6(2)3-4(7)5(6)8/h7-8H,3H2,1-2H3. The molecule has 2 N–H and O–H groups in total. The summed E-state index contributed by atoms with van der Waals surface area (Å²) in [6.07, 6.45) is 0.610. The van der Waals surface area contributed by atoms with Crippen LogP contribution in [-0.4, -0.2) is 10.2 Å². The van der Waals surface area contributed by atoms with Gasteiger partial charge in [0.05, 0.1) is 0 Å². The van der Waals surface area contributed by atoms with Gasteiger partial charge >= 0.3 is 0 Å². The molecule has 8 heavy (non-hydrogen) atoms. The Bertz CT molecular complexity index is 145. The maximum Gasteiger partial charge on any atom is 0.136 e. The lowest BCUT2D eigenvalue weighted by Gasteiger charge is -2.32. The third-order valence-electron chi connectivity index (χ3n) is 1.52. The van der Waals surface area contributed by atoms with E-state index >= 15 is 0 Å². The molecule has 1 aliphatic rings. The lowest BCUT2D eigenvalue weighted by atomic mass is 9.76. The van der Waals surface area contributed by atoms with E-state index in [2.05, 4.69) is 0 Å². The zero-order valence-electron chi connectivity index (χ0n) is 5.10. The predicted octanol–water partition coefficient (Wildman–Crippen LogP) is 1.74. The summed E-state index contributed by atoms with van der Waals surface area (Å²) in [4.78, 5) is 0. The van der Waals surface area contributed by atoms with Crippen molar-refractivity contribution in [1.82, 2.24) is 0 Å². The first-order chi connectivity index (χ1) is 3.54. The second-order valence-corrected chi connectivity index (χ2v) is 2.86. The number of hydrogen-bond acceptors (Lipinski definition) is 2. The van der Waals surface area contributed by atoms with Crippen molar-refractivity contribution in [3.63, 3.8) is 0 Å². The van der Waals surface area contributed by atoms with Crippen molar-refractivity contribution in [2.75, 3.05) is 0 Å². The molecule has 2 nitrogen and oxygen atoms in total. The Morgan fingerprint density at radius 2 is 1.88 bits per heavy atom. The highest BCUT2D eigenvalue weighted by Gasteiger charge is 2.37. The van der Waals surface area contributed by atoms with Gasteiger partial charge < -0.3 is 10.2 Å². The molecule has 1 aliphatic carbocycles. The normalized spacial score (nSPS) is 25.2. The van der Waals surface area contributed by atoms with Gasteiger partial charge in [0.15, 0.2) is 0 Å². The van der Waals surface area contributed by atoms with Gasteiger partial charge in [0, 0.05) is 11.8 Å². The first-order valence-electron chi connectivity index (χ1n) is 2.65. The van der Waals surface area contributed by atoms with Crippen molar-refractivity contribution in [3.8, 4) is 0 Å². The van der Waals surface area contributed by atoms with E-state index < -0.39 is 0 Å². The molecule has 0 radical (unpaired) electrons. The fourth-order valence-electron chi connectivity index (χ4n) is 0.870. The van der Waals surface area contributed by atoms with Gasteiger partial charge in [-0.05, 0) is 0 Å². The summed E-state index contributed by atoms with van der Waals surface area (Å²) in [7, 11) is 0. The second-order valence-electron chi connectivity index (χ2n) is 2.86. The molecule has 1 rings (SSSR count). The molecule has 0 saturated carbocycles. The van der Waals surface area contributed by atoms with E-state index in [1.165, 1.54) is 0 Å². The van der Waals surface area contributed by atoms with Gasteiger partial charge in [-0.1, -0.05) is 13.8 Å². The Morgan fingerprint density at radius 3 is 1.88 bits per heavy atom. The fraction of sp³-hybridized carbons (Fsp3) is 0.667. The van der Waals surface area contributed by atoms with Gasteiger partial charge in [-0.2, -0.15) is 0 Å². The van der Waals surface area contributed by atoms with Crippen LogP contribution in [0.3, 0.4) is 0 Å². The quantitative estimate of drug-likeness (QED) is 0.503. The Morgan fingerprint density at radius 1 is 1.38 bits per heavy atom. The summed E-state index contributed by atoms with van der Waals surface area (Å²) < 4.78 is 0. The molecule has 0 aliphatic heterocycles. The van der Waals surface area contributed by atoms with Crippen molar-refractivity contribution in [2.24, 2.45) is 5.41 Å². The zero-order valence-corrected chi connectivity index (χ0v) is 5.10. The molecule has 0 spiro atoms. The highest BCUT2D eigenvalue weighted by molar-refractivity contribution is 5.21. The molecule has 0 aromatic heterocycles. The summed E-state index contributed by atoms with van der Waals surface area (Å²) in [5.74, 6) is 0.299. The molecular weight excluding hydrogens is 104 g/mol. The Labute approximate surface area is 48.5 Å².